The summed E-state index contributed by atoms with van der Waals surface area (Å²) in [6.07, 6.45) is 1.66. The maximum Gasteiger partial charge on any atom is 0.328 e. The van der Waals surface area contributed by atoms with E-state index >= 15 is 0 Å². The van der Waals surface area contributed by atoms with E-state index in [9.17, 15) is 9.59 Å². The summed E-state index contributed by atoms with van der Waals surface area (Å²) in [6, 6.07) is 8.07. The summed E-state index contributed by atoms with van der Waals surface area (Å²) in [6.45, 7) is 3.63. The molecule has 1 atom stereocenters. The molecule has 19 heavy (non-hydrogen) atoms. The van der Waals surface area contributed by atoms with Gasteiger partial charge in [0.05, 0.1) is 19.6 Å². The maximum atomic E-state index is 11.7. The van der Waals surface area contributed by atoms with Crippen molar-refractivity contribution in [3.8, 4) is 0 Å². The van der Waals surface area contributed by atoms with E-state index in [0.29, 0.717) is 0 Å². The Morgan fingerprint density at radius 1 is 1.37 bits per heavy atom. The van der Waals surface area contributed by atoms with Crippen molar-refractivity contribution in [2.45, 2.75) is 12.5 Å². The molecule has 1 unspecified atom stereocenters. The van der Waals surface area contributed by atoms with E-state index in [2.05, 4.69) is 11.9 Å². The lowest BCUT2D eigenvalue weighted by Gasteiger charge is -2.14. The van der Waals surface area contributed by atoms with Crippen molar-refractivity contribution in [2.24, 2.45) is 0 Å². The molecule has 0 radical (unpaired) electrons. The first-order valence-corrected chi connectivity index (χ1v) is 5.88. The molecule has 5 nitrogen and oxygen atoms in total. The van der Waals surface area contributed by atoms with Gasteiger partial charge in [0.1, 0.15) is 0 Å². The molecule has 2 N–H and O–H groups in total. The van der Waals surface area contributed by atoms with E-state index in [4.69, 9.17) is 9.84 Å². The number of amides is 1. The summed E-state index contributed by atoms with van der Waals surface area (Å²) in [5.74, 6) is -1.47. The number of carbonyl (C=O) groups is 2. The van der Waals surface area contributed by atoms with Crippen LogP contribution in [0.25, 0.3) is 0 Å². The number of hydrogen-bond donors (Lipinski definition) is 2. The van der Waals surface area contributed by atoms with Crippen molar-refractivity contribution in [1.82, 2.24) is 5.32 Å². The fraction of sp³-hybridized carbons (Fsp3) is 0.286. The Bertz CT molecular complexity index is 430. The van der Waals surface area contributed by atoms with Gasteiger partial charge in [0, 0.05) is 0 Å². The van der Waals surface area contributed by atoms with Gasteiger partial charge in [-0.3, -0.25) is 4.79 Å². The number of carbonyl (C=O) groups excluding carboxylic acids is 1. The highest BCUT2D eigenvalue weighted by molar-refractivity contribution is 5.84. The van der Waals surface area contributed by atoms with Crippen LogP contribution in [0.2, 0.25) is 0 Å². The Kier molecular flexibility index (Phi) is 6.32. The second-order valence-electron chi connectivity index (χ2n) is 3.95. The number of rotatable bonds is 8. The first-order valence-electron chi connectivity index (χ1n) is 5.88. The number of carboxylic acids is 1. The fourth-order valence-electron chi connectivity index (χ4n) is 1.47. The number of ether oxygens (including phenoxy) is 1. The lowest BCUT2D eigenvalue weighted by molar-refractivity contribution is -0.143. The molecule has 1 amide bonds. The van der Waals surface area contributed by atoms with Gasteiger partial charge in [-0.15, -0.1) is 6.58 Å². The Labute approximate surface area is 111 Å². The summed E-state index contributed by atoms with van der Waals surface area (Å²) >= 11 is 0. The van der Waals surface area contributed by atoms with Crippen LogP contribution >= 0.6 is 0 Å². The highest BCUT2D eigenvalue weighted by Gasteiger charge is 2.19. The van der Waals surface area contributed by atoms with Crippen molar-refractivity contribution in [1.29, 1.82) is 0 Å². The van der Waals surface area contributed by atoms with E-state index in [-0.39, 0.29) is 25.5 Å². The van der Waals surface area contributed by atoms with Crippen LogP contribution < -0.4 is 5.32 Å². The topological polar surface area (TPSA) is 75.6 Å². The summed E-state index contributed by atoms with van der Waals surface area (Å²) in [7, 11) is 0. The van der Waals surface area contributed by atoms with Crippen LogP contribution in [-0.4, -0.2) is 36.2 Å². The highest BCUT2D eigenvalue weighted by atomic mass is 16.5. The van der Waals surface area contributed by atoms with Gasteiger partial charge in [-0.05, 0) is 5.56 Å². The normalized spacial score (nSPS) is 11.6. The van der Waals surface area contributed by atoms with Crippen molar-refractivity contribution >= 4 is 11.9 Å². The lowest BCUT2D eigenvalue weighted by Crippen LogP contribution is -2.44. The van der Waals surface area contributed by atoms with Crippen molar-refractivity contribution < 1.29 is 19.4 Å². The van der Waals surface area contributed by atoms with Gasteiger partial charge in [-0.25, -0.2) is 4.79 Å². The van der Waals surface area contributed by atoms with E-state index in [1.54, 1.807) is 0 Å². The van der Waals surface area contributed by atoms with Crippen LogP contribution in [-0.2, 0) is 20.7 Å². The first kappa shape index (κ1) is 14.9. The van der Waals surface area contributed by atoms with Gasteiger partial charge in [0.25, 0.3) is 0 Å². The molecule has 1 aromatic rings. The Hall–Kier alpha value is -2.14. The summed E-state index contributed by atoms with van der Waals surface area (Å²) in [5, 5.41) is 11.4. The molecule has 0 saturated carbocycles. The molecule has 5 heteroatoms. The zero-order valence-electron chi connectivity index (χ0n) is 10.5. The van der Waals surface area contributed by atoms with Crippen LogP contribution in [0.15, 0.2) is 43.0 Å². The molecular weight excluding hydrogens is 246 g/mol. The zero-order chi connectivity index (χ0) is 14.1. The second kappa shape index (κ2) is 8.05. The monoisotopic (exact) mass is 263 g/mol. The summed E-state index contributed by atoms with van der Waals surface area (Å²) in [4.78, 5) is 22.7. The third-order valence-corrected chi connectivity index (χ3v) is 2.36. The first-order chi connectivity index (χ1) is 9.13. The highest BCUT2D eigenvalue weighted by Crippen LogP contribution is 2.00. The van der Waals surface area contributed by atoms with Crippen molar-refractivity contribution in [3.05, 3.63) is 48.6 Å². The molecule has 0 bridgehead atoms. The van der Waals surface area contributed by atoms with Crippen LogP contribution in [0, 0.1) is 0 Å². The van der Waals surface area contributed by atoms with Gasteiger partial charge < -0.3 is 15.2 Å². The number of benzene rings is 1. The molecule has 0 fully saturated rings. The molecule has 1 aromatic carbocycles. The zero-order valence-corrected chi connectivity index (χ0v) is 10.5. The van der Waals surface area contributed by atoms with Gasteiger partial charge in [-0.2, -0.15) is 0 Å². The quantitative estimate of drug-likeness (QED) is 0.542. The van der Waals surface area contributed by atoms with E-state index in [0.717, 1.165) is 5.56 Å². The second-order valence-corrected chi connectivity index (χ2v) is 3.95. The third kappa shape index (κ3) is 5.83. The molecule has 0 aliphatic heterocycles. The van der Waals surface area contributed by atoms with Gasteiger partial charge in [0.2, 0.25) is 5.91 Å². The number of carboxylic acid groups (broad SMARTS) is 1. The van der Waals surface area contributed by atoms with E-state index in [1.807, 2.05) is 30.3 Å². The molecule has 0 saturated heterocycles. The van der Waals surface area contributed by atoms with Crippen LogP contribution in [0.5, 0.6) is 0 Å². The number of hydrogen-bond acceptors (Lipinski definition) is 3. The predicted molar refractivity (Wildman–Crippen MR) is 70.7 cm³/mol. The predicted octanol–water partition coefficient (Wildman–Crippen LogP) is 1.00. The van der Waals surface area contributed by atoms with Crippen LogP contribution in [0.1, 0.15) is 5.56 Å². The molecule has 1 rings (SSSR count). The minimum Gasteiger partial charge on any atom is -0.480 e. The standard InChI is InChI=1S/C14H17NO4/c1-2-8-19-10-12(14(17)18)15-13(16)9-11-6-4-3-5-7-11/h2-7,12H,1,8-10H2,(H,15,16)(H,17,18). The SMILES string of the molecule is C=CCOCC(NC(=O)Cc1ccccc1)C(=O)O. The Balaban J connectivity index is 2.47. The number of nitrogens with one attached hydrogen (secondary N) is 1. The average molecular weight is 263 g/mol. The molecular formula is C14H17NO4. The molecule has 0 aromatic heterocycles. The molecule has 0 spiro atoms. The minimum atomic E-state index is -1.12. The largest absolute Gasteiger partial charge is 0.480 e. The third-order valence-electron chi connectivity index (χ3n) is 2.36. The number of aliphatic carboxylic acids is 1. The van der Waals surface area contributed by atoms with Gasteiger partial charge in [0.15, 0.2) is 6.04 Å². The van der Waals surface area contributed by atoms with Crippen molar-refractivity contribution in [3.63, 3.8) is 0 Å². The summed E-state index contributed by atoms with van der Waals surface area (Å²) < 4.78 is 5.04. The maximum absolute atomic E-state index is 11.7. The molecule has 102 valence electrons. The Morgan fingerprint density at radius 2 is 2.05 bits per heavy atom. The van der Waals surface area contributed by atoms with Crippen molar-refractivity contribution in [2.75, 3.05) is 13.2 Å². The average Bonchev–Trinajstić information content (AvgIpc) is 2.38. The van der Waals surface area contributed by atoms with Crippen LogP contribution in [0.4, 0.5) is 0 Å². The lowest BCUT2D eigenvalue weighted by atomic mass is 10.1. The summed E-state index contributed by atoms with van der Waals surface area (Å²) in [5.41, 5.74) is 0.830. The van der Waals surface area contributed by atoms with E-state index < -0.39 is 12.0 Å². The van der Waals surface area contributed by atoms with Gasteiger partial charge >= 0.3 is 5.97 Å². The van der Waals surface area contributed by atoms with Gasteiger partial charge in [-0.1, -0.05) is 36.4 Å². The van der Waals surface area contributed by atoms with E-state index in [1.165, 1.54) is 6.08 Å². The molecule has 0 aliphatic rings. The molecule has 0 aliphatic carbocycles. The fourth-order valence-corrected chi connectivity index (χ4v) is 1.47. The van der Waals surface area contributed by atoms with Crippen LogP contribution in [0.3, 0.4) is 0 Å². The smallest absolute Gasteiger partial charge is 0.328 e. The molecule has 0 heterocycles. The minimum absolute atomic E-state index is 0.0815. The Morgan fingerprint density at radius 3 is 2.63 bits per heavy atom.